The number of benzene rings is 2. The number of hydrogen-bond donors (Lipinski definition) is 2. The highest BCUT2D eigenvalue weighted by molar-refractivity contribution is 8.00. The van der Waals surface area contributed by atoms with E-state index in [2.05, 4.69) is 10.6 Å². The number of anilines is 1. The Balaban J connectivity index is 1.30. The molecule has 6 nitrogen and oxygen atoms in total. The van der Waals surface area contributed by atoms with Crippen LogP contribution in [0.1, 0.15) is 48.0 Å². The predicted octanol–water partition coefficient (Wildman–Crippen LogP) is 4.56. The van der Waals surface area contributed by atoms with E-state index >= 15 is 0 Å². The van der Waals surface area contributed by atoms with E-state index in [4.69, 9.17) is 9.47 Å². The Morgan fingerprint density at radius 2 is 1.77 bits per heavy atom. The van der Waals surface area contributed by atoms with Crippen molar-refractivity contribution in [1.82, 2.24) is 5.32 Å². The Bertz CT molecular complexity index is 957. The van der Waals surface area contributed by atoms with Crippen molar-refractivity contribution in [2.75, 3.05) is 24.3 Å². The molecule has 1 aliphatic heterocycles. The highest BCUT2D eigenvalue weighted by Crippen LogP contribution is 2.34. The molecule has 2 amide bonds. The summed E-state index contributed by atoms with van der Waals surface area (Å²) in [6.45, 7) is 3.00. The molecule has 1 aliphatic carbocycles. The summed E-state index contributed by atoms with van der Waals surface area (Å²) in [6.07, 6.45) is 5.73. The summed E-state index contributed by atoms with van der Waals surface area (Å²) in [4.78, 5) is 25.9. The van der Waals surface area contributed by atoms with Gasteiger partial charge in [0, 0.05) is 22.2 Å². The van der Waals surface area contributed by atoms with Crippen LogP contribution in [0.4, 0.5) is 5.69 Å². The number of thioether (sulfide) groups is 1. The van der Waals surface area contributed by atoms with Gasteiger partial charge in [-0.05, 0) is 61.7 Å². The number of nitrogens with one attached hydrogen (secondary N) is 2. The van der Waals surface area contributed by atoms with E-state index < -0.39 is 0 Å². The van der Waals surface area contributed by atoms with Gasteiger partial charge in [-0.1, -0.05) is 19.3 Å². The molecule has 0 bridgehead atoms. The smallest absolute Gasteiger partial charge is 0.251 e. The van der Waals surface area contributed by atoms with Crippen LogP contribution in [0.2, 0.25) is 0 Å². The Kier molecular flexibility index (Phi) is 7.02. The molecule has 0 spiro atoms. The van der Waals surface area contributed by atoms with Crippen molar-refractivity contribution in [2.24, 2.45) is 0 Å². The molecule has 2 N–H and O–H groups in total. The quantitative estimate of drug-likeness (QED) is 0.644. The normalized spacial score (nSPS) is 15.9. The molecule has 4 rings (SSSR count). The van der Waals surface area contributed by atoms with Crippen LogP contribution in [0.3, 0.4) is 0 Å². The third kappa shape index (κ3) is 5.73. The van der Waals surface area contributed by atoms with Gasteiger partial charge in [-0.15, -0.1) is 11.8 Å². The number of carbonyl (C=O) groups is 2. The zero-order valence-corrected chi connectivity index (χ0v) is 18.6. The number of aryl methyl sites for hydroxylation is 1. The first kappa shape index (κ1) is 21.6. The lowest BCUT2D eigenvalue weighted by atomic mass is 9.95. The molecular formula is C24H28N2O4S. The third-order valence-corrected chi connectivity index (χ3v) is 6.58. The molecule has 0 radical (unpaired) electrons. The summed E-state index contributed by atoms with van der Waals surface area (Å²) in [5.74, 6) is 1.60. The summed E-state index contributed by atoms with van der Waals surface area (Å²) in [6, 6.07) is 11.4. The Labute approximate surface area is 187 Å². The average molecular weight is 441 g/mol. The van der Waals surface area contributed by atoms with Gasteiger partial charge in [-0.2, -0.15) is 0 Å². The van der Waals surface area contributed by atoms with E-state index in [0.29, 0.717) is 18.8 Å². The van der Waals surface area contributed by atoms with E-state index in [1.807, 2.05) is 31.2 Å². The molecule has 0 unspecified atom stereocenters. The van der Waals surface area contributed by atoms with E-state index in [0.717, 1.165) is 40.5 Å². The Morgan fingerprint density at radius 3 is 2.55 bits per heavy atom. The SMILES string of the molecule is Cc1cc(C(=O)NC2CCCCC2)ccc1NC(=O)CSc1ccc2c(c1)OCCO2. The molecule has 1 saturated carbocycles. The highest BCUT2D eigenvalue weighted by Gasteiger charge is 2.17. The number of carbonyl (C=O) groups excluding carboxylic acids is 2. The number of fused-ring (bicyclic) bond motifs is 1. The van der Waals surface area contributed by atoms with Crippen LogP contribution in [-0.4, -0.2) is 36.8 Å². The van der Waals surface area contributed by atoms with Crippen LogP contribution in [0.5, 0.6) is 11.5 Å². The molecule has 1 fully saturated rings. The van der Waals surface area contributed by atoms with Gasteiger partial charge in [0.15, 0.2) is 11.5 Å². The minimum atomic E-state index is -0.0950. The van der Waals surface area contributed by atoms with Crippen molar-refractivity contribution in [3.63, 3.8) is 0 Å². The zero-order valence-electron chi connectivity index (χ0n) is 17.7. The van der Waals surface area contributed by atoms with E-state index in [-0.39, 0.29) is 23.6 Å². The fourth-order valence-electron chi connectivity index (χ4n) is 3.91. The second kappa shape index (κ2) is 10.1. The topological polar surface area (TPSA) is 76.7 Å². The maximum Gasteiger partial charge on any atom is 0.251 e. The molecular weight excluding hydrogens is 412 g/mol. The number of amides is 2. The molecule has 164 valence electrons. The lowest BCUT2D eigenvalue weighted by Gasteiger charge is -2.23. The summed E-state index contributed by atoms with van der Waals surface area (Å²) in [5.41, 5.74) is 2.22. The molecule has 2 aromatic carbocycles. The fourth-order valence-corrected chi connectivity index (χ4v) is 4.63. The number of ether oxygens (including phenoxy) is 2. The maximum absolute atomic E-state index is 12.5. The summed E-state index contributed by atoms with van der Waals surface area (Å²) >= 11 is 1.44. The van der Waals surface area contributed by atoms with Crippen molar-refractivity contribution in [3.8, 4) is 11.5 Å². The standard InChI is InChI=1S/C24H28N2O4S/c1-16-13-17(24(28)25-18-5-3-2-4-6-18)7-9-20(16)26-23(27)15-31-19-8-10-21-22(14-19)30-12-11-29-21/h7-10,13-14,18H,2-6,11-12,15H2,1H3,(H,25,28)(H,26,27). The van der Waals surface area contributed by atoms with Crippen molar-refractivity contribution >= 4 is 29.3 Å². The number of hydrogen-bond acceptors (Lipinski definition) is 5. The maximum atomic E-state index is 12.5. The molecule has 2 aliphatic rings. The second-order valence-electron chi connectivity index (χ2n) is 7.98. The summed E-state index contributed by atoms with van der Waals surface area (Å²) in [7, 11) is 0. The predicted molar refractivity (Wildman–Crippen MR) is 122 cm³/mol. The highest BCUT2D eigenvalue weighted by atomic mass is 32.2. The fraction of sp³-hybridized carbons (Fsp3) is 0.417. The first-order valence-corrected chi connectivity index (χ1v) is 11.8. The van der Waals surface area contributed by atoms with Crippen molar-refractivity contribution < 1.29 is 19.1 Å². The second-order valence-corrected chi connectivity index (χ2v) is 9.03. The largest absolute Gasteiger partial charge is 0.486 e. The van der Waals surface area contributed by atoms with Gasteiger partial charge < -0.3 is 20.1 Å². The molecule has 31 heavy (non-hydrogen) atoms. The van der Waals surface area contributed by atoms with Gasteiger partial charge in [-0.3, -0.25) is 9.59 Å². The minimum absolute atomic E-state index is 0.0398. The van der Waals surface area contributed by atoms with Gasteiger partial charge in [-0.25, -0.2) is 0 Å². The monoisotopic (exact) mass is 440 g/mol. The van der Waals surface area contributed by atoms with Gasteiger partial charge in [0.25, 0.3) is 5.91 Å². The van der Waals surface area contributed by atoms with Crippen LogP contribution in [0, 0.1) is 6.92 Å². The van der Waals surface area contributed by atoms with E-state index in [1.165, 1.54) is 31.0 Å². The van der Waals surface area contributed by atoms with Crippen molar-refractivity contribution in [3.05, 3.63) is 47.5 Å². The van der Waals surface area contributed by atoms with Gasteiger partial charge >= 0.3 is 0 Å². The Hall–Kier alpha value is -2.67. The molecule has 7 heteroatoms. The van der Waals surface area contributed by atoms with Crippen LogP contribution in [0.15, 0.2) is 41.3 Å². The molecule has 0 aromatic heterocycles. The molecule has 0 saturated heterocycles. The minimum Gasteiger partial charge on any atom is -0.486 e. The third-order valence-electron chi connectivity index (χ3n) is 5.59. The van der Waals surface area contributed by atoms with Gasteiger partial charge in [0.05, 0.1) is 5.75 Å². The number of rotatable bonds is 6. The zero-order chi connectivity index (χ0) is 21.6. The average Bonchev–Trinajstić information content (AvgIpc) is 2.79. The van der Waals surface area contributed by atoms with Crippen LogP contribution < -0.4 is 20.1 Å². The van der Waals surface area contributed by atoms with Gasteiger partial charge in [0.2, 0.25) is 5.91 Å². The lowest BCUT2D eigenvalue weighted by Crippen LogP contribution is -2.36. The van der Waals surface area contributed by atoms with Crippen LogP contribution in [0.25, 0.3) is 0 Å². The molecule has 2 aromatic rings. The van der Waals surface area contributed by atoms with Crippen LogP contribution >= 0.6 is 11.8 Å². The van der Waals surface area contributed by atoms with E-state index in [1.54, 1.807) is 12.1 Å². The van der Waals surface area contributed by atoms with Crippen molar-refractivity contribution in [2.45, 2.75) is 50.0 Å². The summed E-state index contributed by atoms with van der Waals surface area (Å²) in [5, 5.41) is 6.08. The van der Waals surface area contributed by atoms with Crippen molar-refractivity contribution in [1.29, 1.82) is 0 Å². The van der Waals surface area contributed by atoms with Gasteiger partial charge in [0.1, 0.15) is 13.2 Å². The van der Waals surface area contributed by atoms with Crippen LogP contribution in [-0.2, 0) is 4.79 Å². The van der Waals surface area contributed by atoms with E-state index in [9.17, 15) is 9.59 Å². The first-order chi connectivity index (χ1) is 15.1. The molecule has 1 heterocycles. The first-order valence-electron chi connectivity index (χ1n) is 10.8. The Morgan fingerprint density at radius 1 is 1.00 bits per heavy atom. The lowest BCUT2D eigenvalue weighted by molar-refractivity contribution is -0.113. The summed E-state index contributed by atoms with van der Waals surface area (Å²) < 4.78 is 11.1. The molecule has 0 atom stereocenters.